The number of allylic oxidation sites excluding steroid dienone is 1. The monoisotopic (exact) mass is 534 g/mol. The fourth-order valence-electron chi connectivity index (χ4n) is 6.91. The highest BCUT2D eigenvalue weighted by Gasteiger charge is 2.52. The standard InChI is InChI=1S/C32H46O3Si2/c1-8-24-19-22-29-28(24)21-20-25(30(29)31(33)35-36(5,6)7)23-34-37(32(2,3)4,26-15-11-9-12-16-26)27-17-13-10-14-18-27/h9-18,20-21,24-25,28-30H,8,19,22-23H2,1-7H3/t24-,25-,28+,29+,30+/m0/s1. The van der Waals surface area contributed by atoms with Crippen LogP contribution in [0.25, 0.3) is 0 Å². The van der Waals surface area contributed by atoms with Crippen molar-refractivity contribution < 1.29 is 13.6 Å². The highest BCUT2D eigenvalue weighted by Crippen LogP contribution is 2.49. The van der Waals surface area contributed by atoms with Crippen LogP contribution in [0.4, 0.5) is 0 Å². The van der Waals surface area contributed by atoms with Gasteiger partial charge in [-0.15, -0.1) is 0 Å². The molecule has 0 aromatic heterocycles. The van der Waals surface area contributed by atoms with E-state index in [-0.39, 0.29) is 22.8 Å². The molecule has 0 saturated heterocycles. The minimum absolute atomic E-state index is 0.00585. The second-order valence-corrected chi connectivity index (χ2v) is 21.8. The molecule has 37 heavy (non-hydrogen) atoms. The minimum atomic E-state index is -2.68. The number of fused-ring (bicyclic) bond motifs is 1. The molecule has 0 bridgehead atoms. The summed E-state index contributed by atoms with van der Waals surface area (Å²) in [7, 11) is -4.68. The van der Waals surface area contributed by atoms with Crippen molar-refractivity contribution in [2.75, 3.05) is 6.61 Å². The molecule has 3 nitrogen and oxygen atoms in total. The maximum absolute atomic E-state index is 13.8. The van der Waals surface area contributed by atoms with Crippen LogP contribution in [0.1, 0.15) is 47.0 Å². The van der Waals surface area contributed by atoms with E-state index in [0.717, 1.165) is 6.42 Å². The predicted molar refractivity (Wildman–Crippen MR) is 159 cm³/mol. The molecule has 2 aliphatic rings. The summed E-state index contributed by atoms with van der Waals surface area (Å²) in [4.78, 5) is 13.8. The zero-order chi connectivity index (χ0) is 26.8. The SMILES string of the molecule is CC[C@H]1CC[C@@H]2[C@@H]1C=C[C@@H](CO[Si](c1ccccc1)(c1ccccc1)C(C)(C)C)[C@H]2C(=O)O[Si](C)(C)C. The smallest absolute Gasteiger partial charge is 0.296 e. The van der Waals surface area contributed by atoms with Crippen molar-refractivity contribution in [3.8, 4) is 0 Å². The van der Waals surface area contributed by atoms with E-state index in [1.165, 1.54) is 23.2 Å². The third-order valence-electron chi connectivity index (χ3n) is 8.53. The first-order valence-electron chi connectivity index (χ1n) is 14.1. The lowest BCUT2D eigenvalue weighted by molar-refractivity contribution is -0.144. The summed E-state index contributed by atoms with van der Waals surface area (Å²) in [5.74, 6) is 1.41. The Morgan fingerprint density at radius 2 is 1.46 bits per heavy atom. The molecular weight excluding hydrogens is 489 g/mol. The van der Waals surface area contributed by atoms with E-state index >= 15 is 0 Å². The van der Waals surface area contributed by atoms with Crippen molar-refractivity contribution >= 4 is 33.0 Å². The van der Waals surface area contributed by atoms with Crippen LogP contribution >= 0.6 is 0 Å². The van der Waals surface area contributed by atoms with Gasteiger partial charge in [0.2, 0.25) is 8.32 Å². The molecule has 0 spiro atoms. The van der Waals surface area contributed by atoms with Gasteiger partial charge in [0.1, 0.15) is 0 Å². The van der Waals surface area contributed by atoms with Crippen molar-refractivity contribution in [2.24, 2.45) is 29.6 Å². The van der Waals surface area contributed by atoms with Crippen molar-refractivity contribution in [3.63, 3.8) is 0 Å². The summed E-state index contributed by atoms with van der Waals surface area (Å²) in [6.45, 7) is 16.1. The summed E-state index contributed by atoms with van der Waals surface area (Å²) in [5.41, 5.74) is 0. The first-order valence-corrected chi connectivity index (χ1v) is 19.5. The van der Waals surface area contributed by atoms with Crippen LogP contribution in [0.3, 0.4) is 0 Å². The number of carbonyl (C=O) groups is 1. The van der Waals surface area contributed by atoms with Gasteiger partial charge in [-0.2, -0.15) is 0 Å². The fraction of sp³-hybridized carbons (Fsp3) is 0.531. The molecule has 1 saturated carbocycles. The average molecular weight is 535 g/mol. The lowest BCUT2D eigenvalue weighted by Gasteiger charge is -2.45. The summed E-state index contributed by atoms with van der Waals surface area (Å²) >= 11 is 0. The first kappa shape index (κ1) is 28.1. The highest BCUT2D eigenvalue weighted by molar-refractivity contribution is 6.99. The molecule has 2 aromatic rings. The quantitative estimate of drug-likeness (QED) is 0.276. The van der Waals surface area contributed by atoms with Gasteiger partial charge in [-0.1, -0.05) is 107 Å². The van der Waals surface area contributed by atoms with Crippen molar-refractivity contribution in [2.45, 2.75) is 71.6 Å². The van der Waals surface area contributed by atoms with Crippen LogP contribution in [0.15, 0.2) is 72.8 Å². The molecule has 2 aliphatic carbocycles. The van der Waals surface area contributed by atoms with E-state index < -0.39 is 16.6 Å². The maximum atomic E-state index is 13.8. The van der Waals surface area contributed by atoms with Crippen molar-refractivity contribution in [1.29, 1.82) is 0 Å². The van der Waals surface area contributed by atoms with Gasteiger partial charge in [-0.3, -0.25) is 4.79 Å². The van der Waals surface area contributed by atoms with E-state index in [1.54, 1.807) is 0 Å². The van der Waals surface area contributed by atoms with Crippen LogP contribution in [-0.4, -0.2) is 29.2 Å². The molecule has 0 N–H and O–H groups in total. The van der Waals surface area contributed by atoms with Crippen molar-refractivity contribution in [3.05, 3.63) is 72.8 Å². The molecule has 2 aromatic carbocycles. The number of benzene rings is 2. The van der Waals surface area contributed by atoms with Crippen LogP contribution in [0.5, 0.6) is 0 Å². The van der Waals surface area contributed by atoms with Crippen LogP contribution in [0.2, 0.25) is 24.7 Å². The number of rotatable bonds is 8. The van der Waals surface area contributed by atoms with Crippen LogP contribution < -0.4 is 10.4 Å². The van der Waals surface area contributed by atoms with E-state index in [4.69, 9.17) is 8.85 Å². The minimum Gasteiger partial charge on any atom is -0.520 e. The zero-order valence-electron chi connectivity index (χ0n) is 23.9. The third kappa shape index (κ3) is 5.74. The molecule has 0 heterocycles. The Hall–Kier alpha value is -1.96. The van der Waals surface area contributed by atoms with Gasteiger partial charge in [0.15, 0.2) is 0 Å². The fourth-order valence-corrected chi connectivity index (χ4v) is 12.2. The Kier molecular flexibility index (Phi) is 8.37. The van der Waals surface area contributed by atoms with E-state index in [1.807, 2.05) is 0 Å². The van der Waals surface area contributed by atoms with Crippen LogP contribution in [0, 0.1) is 29.6 Å². The molecule has 0 aliphatic heterocycles. The van der Waals surface area contributed by atoms with Gasteiger partial charge in [0, 0.05) is 12.5 Å². The van der Waals surface area contributed by atoms with E-state index in [2.05, 4.69) is 120 Å². The van der Waals surface area contributed by atoms with Gasteiger partial charge < -0.3 is 8.85 Å². The molecule has 4 rings (SSSR count). The predicted octanol–water partition coefficient (Wildman–Crippen LogP) is 6.80. The normalized spacial score (nSPS) is 26.1. The van der Waals surface area contributed by atoms with E-state index in [9.17, 15) is 4.79 Å². The Bertz CT molecular complexity index is 1030. The number of hydrogen-bond acceptors (Lipinski definition) is 3. The topological polar surface area (TPSA) is 35.5 Å². The molecule has 5 heteroatoms. The molecular formula is C32H46O3Si2. The zero-order valence-corrected chi connectivity index (χ0v) is 25.9. The summed E-state index contributed by atoms with van der Waals surface area (Å²) in [6.07, 6.45) is 8.21. The summed E-state index contributed by atoms with van der Waals surface area (Å²) in [6, 6.07) is 21.6. The van der Waals surface area contributed by atoms with Crippen LogP contribution in [-0.2, 0) is 13.6 Å². The van der Waals surface area contributed by atoms with Gasteiger partial charge >= 0.3 is 0 Å². The number of carbonyl (C=O) groups excluding carboxylic acids is 1. The Labute approximate surface area is 226 Å². The lowest BCUT2D eigenvalue weighted by atomic mass is 9.70. The van der Waals surface area contributed by atoms with Crippen molar-refractivity contribution in [1.82, 2.24) is 0 Å². The van der Waals surface area contributed by atoms with E-state index in [0.29, 0.717) is 24.4 Å². The summed E-state index contributed by atoms with van der Waals surface area (Å²) < 4.78 is 13.5. The second kappa shape index (κ2) is 11.0. The third-order valence-corrected chi connectivity index (χ3v) is 14.3. The lowest BCUT2D eigenvalue weighted by Crippen LogP contribution is -2.67. The van der Waals surface area contributed by atoms with Gasteiger partial charge in [-0.25, -0.2) is 0 Å². The Morgan fingerprint density at radius 3 is 1.95 bits per heavy atom. The van der Waals surface area contributed by atoms with Gasteiger partial charge in [-0.05, 0) is 65.6 Å². The summed E-state index contributed by atoms with van der Waals surface area (Å²) in [5, 5.41) is 2.46. The first-order chi connectivity index (χ1) is 17.5. The highest BCUT2D eigenvalue weighted by atomic mass is 28.4. The second-order valence-electron chi connectivity index (χ2n) is 13.1. The molecule has 1 fully saturated rings. The Morgan fingerprint density at radius 1 is 0.892 bits per heavy atom. The van der Waals surface area contributed by atoms with Gasteiger partial charge in [0.25, 0.3) is 14.3 Å². The largest absolute Gasteiger partial charge is 0.520 e. The molecule has 0 amide bonds. The Balaban J connectivity index is 1.73. The number of hydrogen-bond donors (Lipinski definition) is 0. The average Bonchev–Trinajstić information content (AvgIpc) is 3.26. The molecule has 0 unspecified atom stereocenters. The maximum Gasteiger partial charge on any atom is 0.296 e. The molecule has 5 atom stereocenters. The molecule has 0 radical (unpaired) electrons. The molecule has 200 valence electrons. The van der Waals surface area contributed by atoms with Gasteiger partial charge in [0.05, 0.1) is 5.92 Å².